The molecule has 0 amide bonds. The summed E-state index contributed by atoms with van der Waals surface area (Å²) in [7, 11) is 0. The van der Waals surface area contributed by atoms with Crippen molar-refractivity contribution in [2.75, 3.05) is 0 Å². The van der Waals surface area contributed by atoms with Gasteiger partial charge in [-0.2, -0.15) is 0 Å². The van der Waals surface area contributed by atoms with Gasteiger partial charge in [0.05, 0.1) is 6.10 Å². The van der Waals surface area contributed by atoms with Crippen LogP contribution in [0, 0.1) is 5.82 Å². The van der Waals surface area contributed by atoms with Gasteiger partial charge in [0.25, 0.3) is 0 Å². The minimum absolute atomic E-state index is 0.0737. The molecule has 2 heteroatoms. The standard InChI is InChI=1S/C12H13FO/c13-9-3-1-8-2-4-11(14)12(5-6-12)10(8)7-9/h1,3,7,11,14H,2,4-6H2. The van der Waals surface area contributed by atoms with Crippen molar-refractivity contribution in [1.82, 2.24) is 0 Å². The molecule has 0 aliphatic heterocycles. The second-order valence-electron chi connectivity index (χ2n) is 4.51. The number of aliphatic hydroxyl groups is 1. The quantitative estimate of drug-likeness (QED) is 0.668. The van der Waals surface area contributed by atoms with E-state index in [1.54, 1.807) is 6.07 Å². The van der Waals surface area contributed by atoms with E-state index in [1.807, 2.05) is 6.07 Å². The Balaban J connectivity index is 2.16. The van der Waals surface area contributed by atoms with Crippen molar-refractivity contribution in [1.29, 1.82) is 0 Å². The Morgan fingerprint density at radius 2 is 2.14 bits per heavy atom. The lowest BCUT2D eigenvalue weighted by molar-refractivity contribution is 0.114. The first-order valence-electron chi connectivity index (χ1n) is 5.19. The molecule has 2 aliphatic rings. The number of halogens is 1. The van der Waals surface area contributed by atoms with E-state index in [0.717, 1.165) is 31.2 Å². The van der Waals surface area contributed by atoms with E-state index in [1.165, 1.54) is 11.6 Å². The van der Waals surface area contributed by atoms with Crippen LogP contribution in [0.4, 0.5) is 4.39 Å². The van der Waals surface area contributed by atoms with Crippen molar-refractivity contribution in [2.24, 2.45) is 0 Å². The molecule has 1 saturated carbocycles. The third kappa shape index (κ3) is 0.976. The molecular weight excluding hydrogens is 179 g/mol. The average molecular weight is 192 g/mol. The van der Waals surface area contributed by atoms with Crippen LogP contribution in [0.15, 0.2) is 18.2 Å². The van der Waals surface area contributed by atoms with E-state index in [4.69, 9.17) is 0 Å². The lowest BCUT2D eigenvalue weighted by Crippen LogP contribution is -2.31. The summed E-state index contributed by atoms with van der Waals surface area (Å²) in [6, 6.07) is 5.01. The van der Waals surface area contributed by atoms with Crippen molar-refractivity contribution in [2.45, 2.75) is 37.2 Å². The Bertz CT molecular complexity index is 382. The van der Waals surface area contributed by atoms with Gasteiger partial charge in [-0.15, -0.1) is 0 Å². The molecule has 3 rings (SSSR count). The third-order valence-corrected chi connectivity index (χ3v) is 3.72. The summed E-state index contributed by atoms with van der Waals surface area (Å²) in [5, 5.41) is 9.91. The van der Waals surface area contributed by atoms with Crippen LogP contribution < -0.4 is 0 Å². The predicted molar refractivity (Wildman–Crippen MR) is 51.6 cm³/mol. The van der Waals surface area contributed by atoms with E-state index < -0.39 is 0 Å². The molecule has 14 heavy (non-hydrogen) atoms. The molecule has 1 N–H and O–H groups in total. The fraction of sp³-hybridized carbons (Fsp3) is 0.500. The number of hydrogen-bond donors (Lipinski definition) is 1. The topological polar surface area (TPSA) is 20.2 Å². The van der Waals surface area contributed by atoms with Crippen molar-refractivity contribution >= 4 is 0 Å². The van der Waals surface area contributed by atoms with Gasteiger partial charge in [0.2, 0.25) is 0 Å². The highest BCUT2D eigenvalue weighted by Gasteiger charge is 2.52. The van der Waals surface area contributed by atoms with Gasteiger partial charge in [0.1, 0.15) is 5.82 Å². The molecule has 0 radical (unpaired) electrons. The first-order valence-corrected chi connectivity index (χ1v) is 5.19. The maximum absolute atomic E-state index is 13.1. The summed E-state index contributed by atoms with van der Waals surface area (Å²) in [5.41, 5.74) is 2.22. The first-order chi connectivity index (χ1) is 6.72. The normalized spacial score (nSPS) is 27.4. The van der Waals surface area contributed by atoms with Gasteiger partial charge in [0.15, 0.2) is 0 Å². The zero-order chi connectivity index (χ0) is 9.76. The van der Waals surface area contributed by atoms with E-state index in [0.29, 0.717) is 0 Å². The fourth-order valence-electron chi connectivity index (χ4n) is 2.72. The zero-order valence-corrected chi connectivity index (χ0v) is 7.96. The molecule has 74 valence electrons. The van der Waals surface area contributed by atoms with E-state index >= 15 is 0 Å². The molecule has 1 aromatic rings. The summed E-state index contributed by atoms with van der Waals surface area (Å²) >= 11 is 0. The molecular formula is C12H13FO. The molecule has 0 saturated heterocycles. The van der Waals surface area contributed by atoms with Crippen LogP contribution >= 0.6 is 0 Å². The maximum Gasteiger partial charge on any atom is 0.123 e. The summed E-state index contributed by atoms with van der Waals surface area (Å²) < 4.78 is 13.1. The minimum atomic E-state index is -0.253. The van der Waals surface area contributed by atoms with Crippen LogP contribution in [0.2, 0.25) is 0 Å². The number of rotatable bonds is 0. The number of hydrogen-bond acceptors (Lipinski definition) is 1. The molecule has 1 unspecified atom stereocenters. The lowest BCUT2D eigenvalue weighted by Gasteiger charge is -2.30. The van der Waals surface area contributed by atoms with Gasteiger partial charge >= 0.3 is 0 Å². The van der Waals surface area contributed by atoms with Gasteiger partial charge in [-0.25, -0.2) is 4.39 Å². The van der Waals surface area contributed by atoms with Crippen LogP contribution in [0.25, 0.3) is 0 Å². The Kier molecular flexibility index (Phi) is 1.55. The lowest BCUT2D eigenvalue weighted by atomic mass is 9.78. The molecule has 1 atom stereocenters. The molecule has 2 aliphatic carbocycles. The highest BCUT2D eigenvalue weighted by atomic mass is 19.1. The van der Waals surface area contributed by atoms with Crippen molar-refractivity contribution in [3.05, 3.63) is 35.1 Å². The number of benzene rings is 1. The van der Waals surface area contributed by atoms with E-state index in [2.05, 4.69) is 0 Å². The van der Waals surface area contributed by atoms with Crippen LogP contribution in [-0.4, -0.2) is 11.2 Å². The van der Waals surface area contributed by atoms with E-state index in [-0.39, 0.29) is 17.3 Å². The molecule has 1 spiro atoms. The van der Waals surface area contributed by atoms with Crippen LogP contribution in [0.3, 0.4) is 0 Å². The van der Waals surface area contributed by atoms with E-state index in [9.17, 15) is 9.50 Å². The number of aryl methyl sites for hydroxylation is 1. The summed E-state index contributed by atoms with van der Waals surface area (Å²) in [4.78, 5) is 0. The summed E-state index contributed by atoms with van der Waals surface area (Å²) in [6.07, 6.45) is 3.50. The van der Waals surface area contributed by atoms with Crippen LogP contribution in [0.1, 0.15) is 30.4 Å². The summed E-state index contributed by atoms with van der Waals surface area (Å²) in [5.74, 6) is -0.177. The Morgan fingerprint density at radius 1 is 1.36 bits per heavy atom. The highest BCUT2D eigenvalue weighted by molar-refractivity contribution is 5.42. The number of aliphatic hydroxyl groups excluding tert-OH is 1. The van der Waals surface area contributed by atoms with Crippen molar-refractivity contribution < 1.29 is 9.50 Å². The third-order valence-electron chi connectivity index (χ3n) is 3.72. The first kappa shape index (κ1) is 8.42. The molecule has 1 fully saturated rings. The molecule has 0 heterocycles. The predicted octanol–water partition coefficient (Wildman–Crippen LogP) is 2.16. The Hall–Kier alpha value is -0.890. The van der Waals surface area contributed by atoms with Gasteiger partial charge in [-0.1, -0.05) is 6.07 Å². The molecule has 0 aromatic heterocycles. The smallest absolute Gasteiger partial charge is 0.123 e. The second kappa shape index (κ2) is 2.57. The molecule has 0 bridgehead atoms. The Morgan fingerprint density at radius 3 is 2.86 bits per heavy atom. The highest BCUT2D eigenvalue weighted by Crippen LogP contribution is 2.55. The SMILES string of the molecule is OC1CCc2ccc(F)cc2C12CC2. The summed E-state index contributed by atoms with van der Waals surface area (Å²) in [6.45, 7) is 0. The minimum Gasteiger partial charge on any atom is -0.392 e. The van der Waals surface area contributed by atoms with Gasteiger partial charge in [-0.3, -0.25) is 0 Å². The fourth-order valence-corrected chi connectivity index (χ4v) is 2.72. The number of fused-ring (bicyclic) bond motifs is 2. The van der Waals surface area contributed by atoms with Crippen LogP contribution in [-0.2, 0) is 11.8 Å². The van der Waals surface area contributed by atoms with Gasteiger partial charge in [0, 0.05) is 5.41 Å². The largest absolute Gasteiger partial charge is 0.392 e. The van der Waals surface area contributed by atoms with Gasteiger partial charge in [-0.05, 0) is 48.9 Å². The average Bonchev–Trinajstić information content (AvgIpc) is 2.94. The molecule has 1 nitrogen and oxygen atoms in total. The zero-order valence-electron chi connectivity index (χ0n) is 7.96. The monoisotopic (exact) mass is 192 g/mol. The second-order valence-corrected chi connectivity index (χ2v) is 4.51. The van der Waals surface area contributed by atoms with Gasteiger partial charge < -0.3 is 5.11 Å². The van der Waals surface area contributed by atoms with Crippen molar-refractivity contribution in [3.8, 4) is 0 Å². The van der Waals surface area contributed by atoms with Crippen molar-refractivity contribution in [3.63, 3.8) is 0 Å². The van der Waals surface area contributed by atoms with Crippen LogP contribution in [0.5, 0.6) is 0 Å². The Labute approximate surface area is 82.6 Å². The maximum atomic E-state index is 13.1. The molecule has 1 aromatic carbocycles.